The largest absolute Gasteiger partial charge is 0.416 e. The van der Waals surface area contributed by atoms with Crippen LogP contribution in [0.5, 0.6) is 0 Å². The van der Waals surface area contributed by atoms with Crippen molar-refractivity contribution < 1.29 is 18.0 Å². The van der Waals surface area contributed by atoms with Gasteiger partial charge in [-0.05, 0) is 37.3 Å². The molecule has 10 heteroatoms. The average molecular weight is 456 g/mol. The van der Waals surface area contributed by atoms with E-state index in [1.54, 1.807) is 31.2 Å². The maximum Gasteiger partial charge on any atom is 0.416 e. The highest BCUT2D eigenvalue weighted by atomic mass is 35.5. The molecule has 156 valence electrons. The van der Waals surface area contributed by atoms with Crippen molar-refractivity contribution in [3.8, 4) is 11.4 Å². The lowest BCUT2D eigenvalue weighted by atomic mass is 10.2. The molecule has 3 rings (SSSR count). The fourth-order valence-electron chi connectivity index (χ4n) is 2.75. The van der Waals surface area contributed by atoms with E-state index in [2.05, 4.69) is 10.3 Å². The summed E-state index contributed by atoms with van der Waals surface area (Å²) in [6.07, 6.45) is -4.60. The van der Waals surface area contributed by atoms with Crippen LogP contribution >= 0.6 is 23.2 Å². The Kier molecular flexibility index (Phi) is 6.19. The molecular weight excluding hydrogens is 442 g/mol. The molecule has 0 aliphatic heterocycles. The van der Waals surface area contributed by atoms with E-state index in [0.29, 0.717) is 16.3 Å². The number of aryl methyl sites for hydroxylation is 1. The topological polar surface area (TPSA) is 64.0 Å². The van der Waals surface area contributed by atoms with Crippen LogP contribution in [0.2, 0.25) is 10.0 Å². The second kappa shape index (κ2) is 8.49. The van der Waals surface area contributed by atoms with E-state index in [-0.39, 0.29) is 16.5 Å². The van der Waals surface area contributed by atoms with Gasteiger partial charge in [-0.3, -0.25) is 14.2 Å². The molecule has 1 heterocycles. The van der Waals surface area contributed by atoms with Crippen LogP contribution in [0.15, 0.2) is 53.3 Å². The van der Waals surface area contributed by atoms with Crippen LogP contribution in [0.4, 0.5) is 18.9 Å². The normalized spacial score (nSPS) is 11.4. The van der Waals surface area contributed by atoms with Gasteiger partial charge in [-0.2, -0.15) is 13.2 Å². The highest BCUT2D eigenvalue weighted by Crippen LogP contribution is 2.33. The van der Waals surface area contributed by atoms with Gasteiger partial charge in [-0.15, -0.1) is 0 Å². The Bertz CT molecular complexity index is 1180. The first-order valence-corrected chi connectivity index (χ1v) is 9.31. The van der Waals surface area contributed by atoms with E-state index >= 15 is 0 Å². The summed E-state index contributed by atoms with van der Waals surface area (Å²) >= 11 is 11.9. The fourth-order valence-corrected chi connectivity index (χ4v) is 3.11. The summed E-state index contributed by atoms with van der Waals surface area (Å²) in [4.78, 5) is 29.3. The molecule has 0 spiro atoms. The van der Waals surface area contributed by atoms with Crippen LogP contribution < -0.4 is 10.9 Å². The van der Waals surface area contributed by atoms with E-state index < -0.39 is 29.8 Å². The smallest absolute Gasteiger partial charge is 0.323 e. The van der Waals surface area contributed by atoms with Crippen molar-refractivity contribution in [1.29, 1.82) is 0 Å². The number of amides is 1. The quantitative estimate of drug-likeness (QED) is 0.589. The van der Waals surface area contributed by atoms with Crippen LogP contribution in [-0.2, 0) is 17.5 Å². The molecule has 0 bridgehead atoms. The molecule has 0 aliphatic carbocycles. The van der Waals surface area contributed by atoms with Gasteiger partial charge in [-0.25, -0.2) is 4.98 Å². The fraction of sp³-hybridized carbons (Fsp3) is 0.150. The Labute approximate surface area is 179 Å². The van der Waals surface area contributed by atoms with Gasteiger partial charge in [0, 0.05) is 22.3 Å². The number of rotatable bonds is 4. The SMILES string of the molecule is Cc1cc(=O)n(CC(=O)Nc2cc(C(F)(F)F)ccc2Cl)c(-c2cccc(Cl)c2)n1. The minimum absolute atomic E-state index is 0.0687. The summed E-state index contributed by atoms with van der Waals surface area (Å²) in [5.41, 5.74) is -0.728. The number of aromatic nitrogens is 2. The van der Waals surface area contributed by atoms with E-state index in [1.807, 2.05) is 0 Å². The molecule has 1 aromatic heterocycles. The molecule has 1 N–H and O–H groups in total. The van der Waals surface area contributed by atoms with Crippen LogP contribution in [0, 0.1) is 6.92 Å². The molecule has 0 saturated heterocycles. The number of alkyl halides is 3. The van der Waals surface area contributed by atoms with Gasteiger partial charge in [-0.1, -0.05) is 35.3 Å². The molecule has 3 aromatic rings. The Balaban J connectivity index is 1.94. The molecule has 0 fully saturated rings. The highest BCUT2D eigenvalue weighted by molar-refractivity contribution is 6.33. The number of hydrogen-bond acceptors (Lipinski definition) is 3. The second-order valence-corrected chi connectivity index (χ2v) is 7.24. The number of halogens is 5. The summed E-state index contributed by atoms with van der Waals surface area (Å²) in [7, 11) is 0. The van der Waals surface area contributed by atoms with Gasteiger partial charge >= 0.3 is 6.18 Å². The average Bonchev–Trinajstić information content (AvgIpc) is 2.64. The van der Waals surface area contributed by atoms with Crippen molar-refractivity contribution in [3.05, 3.63) is 80.2 Å². The van der Waals surface area contributed by atoms with Crippen molar-refractivity contribution in [1.82, 2.24) is 9.55 Å². The maximum atomic E-state index is 12.9. The molecule has 0 unspecified atom stereocenters. The van der Waals surface area contributed by atoms with E-state index in [1.165, 1.54) is 6.07 Å². The van der Waals surface area contributed by atoms with Crippen molar-refractivity contribution in [2.75, 3.05) is 5.32 Å². The first-order valence-electron chi connectivity index (χ1n) is 8.55. The van der Waals surface area contributed by atoms with Crippen LogP contribution in [0.3, 0.4) is 0 Å². The summed E-state index contributed by atoms with van der Waals surface area (Å²) < 4.78 is 39.9. The Hall–Kier alpha value is -2.84. The summed E-state index contributed by atoms with van der Waals surface area (Å²) in [5, 5.41) is 2.66. The highest BCUT2D eigenvalue weighted by Gasteiger charge is 2.31. The zero-order chi connectivity index (χ0) is 22.1. The van der Waals surface area contributed by atoms with Gasteiger partial charge in [0.1, 0.15) is 12.4 Å². The van der Waals surface area contributed by atoms with Crippen molar-refractivity contribution in [2.45, 2.75) is 19.6 Å². The predicted octanol–water partition coefficient (Wildman–Crippen LogP) is 5.18. The first-order chi connectivity index (χ1) is 14.0. The minimum Gasteiger partial charge on any atom is -0.323 e. The molecular formula is C20H14Cl2F3N3O2. The Morgan fingerprint density at radius 2 is 1.87 bits per heavy atom. The third kappa shape index (κ3) is 5.01. The summed E-state index contributed by atoms with van der Waals surface area (Å²) in [6.45, 7) is 1.14. The van der Waals surface area contributed by atoms with Gasteiger partial charge in [0.15, 0.2) is 0 Å². The maximum absolute atomic E-state index is 12.9. The van der Waals surface area contributed by atoms with Gasteiger partial charge in [0.05, 0.1) is 16.3 Å². The third-order valence-electron chi connectivity index (χ3n) is 4.09. The van der Waals surface area contributed by atoms with Crippen molar-refractivity contribution in [3.63, 3.8) is 0 Å². The van der Waals surface area contributed by atoms with Crippen LogP contribution in [-0.4, -0.2) is 15.5 Å². The van der Waals surface area contributed by atoms with E-state index in [0.717, 1.165) is 22.8 Å². The lowest BCUT2D eigenvalue weighted by molar-refractivity contribution is -0.137. The van der Waals surface area contributed by atoms with Gasteiger partial charge in [0.2, 0.25) is 5.91 Å². The Morgan fingerprint density at radius 1 is 1.13 bits per heavy atom. The number of carbonyl (C=O) groups excluding carboxylic acids is 1. The summed E-state index contributed by atoms with van der Waals surface area (Å²) in [5.74, 6) is -0.542. The molecule has 5 nitrogen and oxygen atoms in total. The van der Waals surface area contributed by atoms with E-state index in [9.17, 15) is 22.8 Å². The van der Waals surface area contributed by atoms with Crippen LogP contribution in [0.25, 0.3) is 11.4 Å². The van der Waals surface area contributed by atoms with Crippen molar-refractivity contribution in [2.24, 2.45) is 0 Å². The number of nitrogens with one attached hydrogen (secondary N) is 1. The number of carbonyl (C=O) groups is 1. The molecule has 30 heavy (non-hydrogen) atoms. The summed E-state index contributed by atoms with van der Waals surface area (Å²) in [6, 6.07) is 10.4. The molecule has 0 aliphatic rings. The number of anilines is 1. The molecule has 1 amide bonds. The number of benzene rings is 2. The molecule has 0 atom stereocenters. The standard InChI is InChI=1S/C20H14Cl2F3N3O2/c1-11-7-18(30)28(19(26-11)12-3-2-4-14(21)8-12)10-17(29)27-16-9-13(20(23,24)25)5-6-15(16)22/h2-9H,10H2,1H3,(H,27,29). The zero-order valence-corrected chi connectivity index (χ0v) is 16.9. The monoisotopic (exact) mass is 455 g/mol. The first kappa shape index (κ1) is 21.9. The second-order valence-electron chi connectivity index (χ2n) is 6.40. The van der Waals surface area contributed by atoms with Gasteiger partial charge in [0.25, 0.3) is 5.56 Å². The number of hydrogen-bond donors (Lipinski definition) is 1. The number of nitrogens with zero attached hydrogens (tertiary/aromatic N) is 2. The van der Waals surface area contributed by atoms with Crippen molar-refractivity contribution >= 4 is 34.8 Å². The lowest BCUT2D eigenvalue weighted by Crippen LogP contribution is -2.29. The lowest BCUT2D eigenvalue weighted by Gasteiger charge is -2.15. The third-order valence-corrected chi connectivity index (χ3v) is 4.65. The van der Waals surface area contributed by atoms with E-state index in [4.69, 9.17) is 23.2 Å². The van der Waals surface area contributed by atoms with Crippen LogP contribution in [0.1, 0.15) is 11.3 Å². The Morgan fingerprint density at radius 3 is 2.53 bits per heavy atom. The zero-order valence-electron chi connectivity index (χ0n) is 15.4. The molecule has 0 radical (unpaired) electrons. The minimum atomic E-state index is -4.60. The van der Waals surface area contributed by atoms with Gasteiger partial charge < -0.3 is 5.32 Å². The predicted molar refractivity (Wildman–Crippen MR) is 109 cm³/mol. The molecule has 2 aromatic carbocycles. The molecule has 0 saturated carbocycles.